The molecule has 0 amide bonds. The van der Waals surface area contributed by atoms with Crippen LogP contribution in [0.3, 0.4) is 0 Å². The van der Waals surface area contributed by atoms with Gasteiger partial charge in [0.15, 0.2) is 0 Å². The van der Waals surface area contributed by atoms with Crippen molar-refractivity contribution >= 4 is 15.9 Å². The molecular weight excluding hydrogens is 288 g/mol. The maximum atomic E-state index is 6.21. The van der Waals surface area contributed by atoms with E-state index in [4.69, 9.17) is 5.73 Å². The van der Waals surface area contributed by atoms with Gasteiger partial charge in [0, 0.05) is 22.1 Å². The number of nitrogens with two attached hydrogens (primary N) is 1. The minimum atomic E-state index is 0.0927. The third-order valence-electron chi connectivity index (χ3n) is 3.93. The van der Waals surface area contributed by atoms with Crippen LogP contribution in [-0.4, -0.2) is 23.5 Å². The standard InChI is InChI=1S/C15H25BrN2/c1-6-15(3,4)18(5)14(11(2)17)12-8-7-9-13(16)10-12/h7-11,14H,6,17H2,1-5H3. The highest BCUT2D eigenvalue weighted by Crippen LogP contribution is 2.31. The van der Waals surface area contributed by atoms with E-state index in [2.05, 4.69) is 73.8 Å². The summed E-state index contributed by atoms with van der Waals surface area (Å²) in [7, 11) is 2.17. The Morgan fingerprint density at radius 2 is 2.00 bits per heavy atom. The van der Waals surface area contributed by atoms with E-state index in [9.17, 15) is 0 Å². The summed E-state index contributed by atoms with van der Waals surface area (Å²) in [6.45, 7) is 8.82. The van der Waals surface area contributed by atoms with E-state index in [0.717, 1.165) is 10.9 Å². The molecule has 0 saturated heterocycles. The third-order valence-corrected chi connectivity index (χ3v) is 4.42. The van der Waals surface area contributed by atoms with E-state index < -0.39 is 0 Å². The Bertz CT molecular complexity index is 388. The molecule has 1 rings (SSSR count). The molecule has 18 heavy (non-hydrogen) atoms. The maximum Gasteiger partial charge on any atom is 0.0499 e. The van der Waals surface area contributed by atoms with Crippen molar-refractivity contribution in [3.63, 3.8) is 0 Å². The number of rotatable bonds is 5. The lowest BCUT2D eigenvalue weighted by Gasteiger charge is -2.42. The van der Waals surface area contributed by atoms with Crippen molar-refractivity contribution in [2.75, 3.05) is 7.05 Å². The number of nitrogens with zero attached hydrogens (tertiary/aromatic N) is 1. The minimum Gasteiger partial charge on any atom is -0.326 e. The molecular formula is C15H25BrN2. The zero-order valence-corrected chi connectivity index (χ0v) is 13.7. The molecule has 0 spiro atoms. The summed E-state index contributed by atoms with van der Waals surface area (Å²) < 4.78 is 1.10. The Kier molecular flexibility index (Phi) is 5.38. The second-order valence-corrected chi connectivity index (χ2v) is 6.55. The highest BCUT2D eigenvalue weighted by atomic mass is 79.9. The summed E-state index contributed by atoms with van der Waals surface area (Å²) in [4.78, 5) is 2.39. The molecule has 0 bridgehead atoms. The van der Waals surface area contributed by atoms with Gasteiger partial charge in [0.05, 0.1) is 0 Å². The largest absolute Gasteiger partial charge is 0.326 e. The van der Waals surface area contributed by atoms with Crippen molar-refractivity contribution < 1.29 is 0 Å². The lowest BCUT2D eigenvalue weighted by Crippen LogP contribution is -2.48. The molecule has 0 fully saturated rings. The molecule has 0 saturated carbocycles. The van der Waals surface area contributed by atoms with Crippen LogP contribution >= 0.6 is 15.9 Å². The second kappa shape index (κ2) is 6.18. The fourth-order valence-corrected chi connectivity index (χ4v) is 2.61. The van der Waals surface area contributed by atoms with E-state index in [1.165, 1.54) is 5.56 Å². The van der Waals surface area contributed by atoms with Gasteiger partial charge in [0.2, 0.25) is 0 Å². The molecule has 2 atom stereocenters. The van der Waals surface area contributed by atoms with Crippen molar-refractivity contribution in [3.8, 4) is 0 Å². The van der Waals surface area contributed by atoms with Crippen LogP contribution in [0.2, 0.25) is 0 Å². The highest BCUT2D eigenvalue weighted by molar-refractivity contribution is 9.10. The summed E-state index contributed by atoms with van der Waals surface area (Å²) in [6.07, 6.45) is 1.10. The fraction of sp³-hybridized carbons (Fsp3) is 0.600. The van der Waals surface area contributed by atoms with Gasteiger partial charge in [-0.1, -0.05) is 35.0 Å². The van der Waals surface area contributed by atoms with E-state index >= 15 is 0 Å². The van der Waals surface area contributed by atoms with Crippen LogP contribution < -0.4 is 5.73 Å². The van der Waals surface area contributed by atoms with Gasteiger partial charge in [-0.2, -0.15) is 0 Å². The number of likely N-dealkylation sites (N-methyl/N-ethyl adjacent to an activating group) is 1. The predicted molar refractivity (Wildman–Crippen MR) is 82.7 cm³/mol. The molecule has 2 N–H and O–H groups in total. The third kappa shape index (κ3) is 3.56. The SMILES string of the molecule is CCC(C)(C)N(C)C(c1cccc(Br)c1)C(C)N. The molecule has 0 radical (unpaired) electrons. The predicted octanol–water partition coefficient (Wildman–Crippen LogP) is 3.96. The highest BCUT2D eigenvalue weighted by Gasteiger charge is 2.31. The zero-order valence-electron chi connectivity index (χ0n) is 12.1. The second-order valence-electron chi connectivity index (χ2n) is 5.64. The molecule has 0 aliphatic carbocycles. The Hall–Kier alpha value is -0.380. The summed E-state index contributed by atoms with van der Waals surface area (Å²) in [5.74, 6) is 0. The summed E-state index contributed by atoms with van der Waals surface area (Å²) in [5, 5.41) is 0. The lowest BCUT2D eigenvalue weighted by molar-refractivity contribution is 0.0847. The summed E-state index contributed by atoms with van der Waals surface area (Å²) in [5.41, 5.74) is 7.62. The zero-order chi connectivity index (χ0) is 13.9. The first-order valence-corrected chi connectivity index (χ1v) is 7.33. The molecule has 0 aromatic heterocycles. The van der Waals surface area contributed by atoms with Crippen LogP contribution in [0.5, 0.6) is 0 Å². The van der Waals surface area contributed by atoms with Gasteiger partial charge in [-0.3, -0.25) is 4.90 Å². The van der Waals surface area contributed by atoms with E-state index in [1.807, 2.05) is 6.07 Å². The number of benzene rings is 1. The quantitative estimate of drug-likeness (QED) is 0.891. The molecule has 2 nitrogen and oxygen atoms in total. The van der Waals surface area contributed by atoms with Gasteiger partial charge >= 0.3 is 0 Å². The van der Waals surface area contributed by atoms with Crippen molar-refractivity contribution in [2.24, 2.45) is 5.73 Å². The van der Waals surface area contributed by atoms with Crippen LogP contribution in [0.25, 0.3) is 0 Å². The van der Waals surface area contributed by atoms with Gasteiger partial charge in [0.25, 0.3) is 0 Å². The Balaban J connectivity index is 3.11. The smallest absolute Gasteiger partial charge is 0.0499 e. The molecule has 0 heterocycles. The van der Waals surface area contributed by atoms with Gasteiger partial charge < -0.3 is 5.73 Å². The molecule has 0 aliphatic rings. The van der Waals surface area contributed by atoms with Crippen LogP contribution in [0.4, 0.5) is 0 Å². The van der Waals surface area contributed by atoms with Crippen LogP contribution in [0.15, 0.2) is 28.7 Å². The van der Waals surface area contributed by atoms with Gasteiger partial charge in [-0.05, 0) is 51.9 Å². The summed E-state index contributed by atoms with van der Waals surface area (Å²) in [6, 6.07) is 8.76. The minimum absolute atomic E-state index is 0.0927. The molecule has 102 valence electrons. The van der Waals surface area contributed by atoms with Gasteiger partial charge in [-0.25, -0.2) is 0 Å². The monoisotopic (exact) mass is 312 g/mol. The first-order chi connectivity index (χ1) is 8.29. The number of halogens is 1. The van der Waals surface area contributed by atoms with Crippen molar-refractivity contribution in [1.82, 2.24) is 4.90 Å². The first kappa shape index (κ1) is 15.7. The molecule has 3 heteroatoms. The normalized spacial score (nSPS) is 15.8. The van der Waals surface area contributed by atoms with Crippen LogP contribution in [0.1, 0.15) is 45.7 Å². The molecule has 1 aromatic carbocycles. The van der Waals surface area contributed by atoms with Crippen molar-refractivity contribution in [3.05, 3.63) is 34.3 Å². The Morgan fingerprint density at radius 3 is 2.44 bits per heavy atom. The average Bonchev–Trinajstić information content (AvgIpc) is 2.28. The Labute approximate surface area is 120 Å². The van der Waals surface area contributed by atoms with E-state index in [1.54, 1.807) is 0 Å². The van der Waals surface area contributed by atoms with E-state index in [-0.39, 0.29) is 17.6 Å². The lowest BCUT2D eigenvalue weighted by atomic mass is 9.92. The van der Waals surface area contributed by atoms with Gasteiger partial charge in [-0.15, -0.1) is 0 Å². The topological polar surface area (TPSA) is 29.3 Å². The van der Waals surface area contributed by atoms with Gasteiger partial charge in [0.1, 0.15) is 0 Å². The number of hydrogen-bond donors (Lipinski definition) is 1. The number of hydrogen-bond acceptors (Lipinski definition) is 2. The molecule has 0 aliphatic heterocycles. The first-order valence-electron chi connectivity index (χ1n) is 6.53. The molecule has 2 unspecified atom stereocenters. The van der Waals surface area contributed by atoms with Crippen molar-refractivity contribution in [1.29, 1.82) is 0 Å². The van der Waals surface area contributed by atoms with E-state index in [0.29, 0.717) is 0 Å². The maximum absolute atomic E-state index is 6.21. The Morgan fingerprint density at radius 1 is 1.39 bits per heavy atom. The fourth-order valence-electron chi connectivity index (χ4n) is 2.20. The van der Waals surface area contributed by atoms with Crippen LogP contribution in [0, 0.1) is 0 Å². The van der Waals surface area contributed by atoms with Crippen LogP contribution in [-0.2, 0) is 0 Å². The average molecular weight is 313 g/mol. The summed E-state index contributed by atoms with van der Waals surface area (Å²) >= 11 is 3.54. The van der Waals surface area contributed by atoms with Crippen molar-refractivity contribution in [2.45, 2.75) is 51.7 Å². The molecule has 1 aromatic rings.